The van der Waals surface area contributed by atoms with Crippen LogP contribution in [0.15, 0.2) is 35.7 Å². The Morgan fingerprint density at radius 1 is 1.38 bits per heavy atom. The smallest absolute Gasteiger partial charge is 0.225 e. The number of halogens is 1. The summed E-state index contributed by atoms with van der Waals surface area (Å²) in [6.45, 7) is 2.79. The van der Waals surface area contributed by atoms with Crippen molar-refractivity contribution >= 4 is 34.5 Å². The summed E-state index contributed by atoms with van der Waals surface area (Å²) >= 11 is 7.74. The van der Waals surface area contributed by atoms with Gasteiger partial charge in [-0.25, -0.2) is 0 Å². The van der Waals surface area contributed by atoms with E-state index < -0.39 is 0 Å². The van der Waals surface area contributed by atoms with Gasteiger partial charge in [-0.15, -0.1) is 11.3 Å². The molecular formula is C16H17ClN2OS. The van der Waals surface area contributed by atoms with Crippen LogP contribution in [-0.4, -0.2) is 23.9 Å². The summed E-state index contributed by atoms with van der Waals surface area (Å²) < 4.78 is 0. The first-order valence-corrected chi connectivity index (χ1v) is 8.29. The van der Waals surface area contributed by atoms with E-state index in [2.05, 4.69) is 21.7 Å². The average Bonchev–Trinajstić information content (AvgIpc) is 2.92. The molecule has 21 heavy (non-hydrogen) atoms. The number of nitrogens with zero attached hydrogens (tertiary/aromatic N) is 1. The Hall–Kier alpha value is -1.36. The molecule has 0 aliphatic carbocycles. The molecule has 2 heterocycles. The first kappa shape index (κ1) is 14.6. The molecule has 1 amide bonds. The lowest BCUT2D eigenvalue weighted by Crippen LogP contribution is -2.32. The summed E-state index contributed by atoms with van der Waals surface area (Å²) in [5.74, 6) is 0.0355. The Morgan fingerprint density at radius 3 is 3.14 bits per heavy atom. The van der Waals surface area contributed by atoms with Crippen LogP contribution >= 0.6 is 22.9 Å². The van der Waals surface area contributed by atoms with E-state index >= 15 is 0 Å². The van der Waals surface area contributed by atoms with E-state index in [9.17, 15) is 4.79 Å². The number of hydrogen-bond acceptors (Lipinski definition) is 3. The van der Waals surface area contributed by atoms with Gasteiger partial charge in [0.05, 0.1) is 0 Å². The number of anilines is 1. The van der Waals surface area contributed by atoms with Crippen molar-refractivity contribution in [2.75, 3.05) is 18.4 Å². The van der Waals surface area contributed by atoms with Crippen molar-refractivity contribution in [1.29, 1.82) is 0 Å². The van der Waals surface area contributed by atoms with Gasteiger partial charge in [-0.2, -0.15) is 0 Å². The number of hydrogen-bond donors (Lipinski definition) is 1. The third-order valence-electron chi connectivity index (χ3n) is 3.65. The summed E-state index contributed by atoms with van der Waals surface area (Å²) in [5, 5.41) is 5.67. The highest BCUT2D eigenvalue weighted by Crippen LogP contribution is 2.24. The van der Waals surface area contributed by atoms with Gasteiger partial charge in [0, 0.05) is 41.6 Å². The van der Waals surface area contributed by atoms with Gasteiger partial charge in [0.2, 0.25) is 5.91 Å². The molecule has 1 aliphatic heterocycles. The molecule has 1 aliphatic rings. The highest BCUT2D eigenvalue weighted by Gasteiger charge is 2.17. The largest absolute Gasteiger partial charge is 0.326 e. The van der Waals surface area contributed by atoms with E-state index in [1.165, 1.54) is 10.4 Å². The standard InChI is InChI=1S/C16H17ClN2OS/c17-13-2-1-3-14(10-13)18-16(20)5-8-19-7-4-15-12(11-19)6-9-21-15/h1-3,6,9-10H,4-5,7-8,11H2,(H,18,20). The van der Waals surface area contributed by atoms with Crippen LogP contribution in [0, 0.1) is 0 Å². The molecule has 3 rings (SSSR count). The van der Waals surface area contributed by atoms with Crippen LogP contribution in [0.3, 0.4) is 0 Å². The minimum absolute atomic E-state index is 0.0355. The Morgan fingerprint density at radius 2 is 2.29 bits per heavy atom. The maximum absolute atomic E-state index is 12.0. The zero-order valence-corrected chi connectivity index (χ0v) is 13.2. The summed E-state index contributed by atoms with van der Waals surface area (Å²) in [6.07, 6.45) is 1.61. The van der Waals surface area contributed by atoms with E-state index in [4.69, 9.17) is 11.6 Å². The second kappa shape index (κ2) is 6.60. The summed E-state index contributed by atoms with van der Waals surface area (Å²) in [4.78, 5) is 15.8. The van der Waals surface area contributed by atoms with Crippen molar-refractivity contribution in [2.45, 2.75) is 19.4 Å². The van der Waals surface area contributed by atoms with E-state index in [-0.39, 0.29) is 5.91 Å². The molecule has 110 valence electrons. The van der Waals surface area contributed by atoms with Gasteiger partial charge in [0.25, 0.3) is 0 Å². The maximum Gasteiger partial charge on any atom is 0.225 e. The molecule has 2 aromatic rings. The summed E-state index contributed by atoms with van der Waals surface area (Å²) in [6, 6.07) is 9.43. The first-order valence-electron chi connectivity index (χ1n) is 7.04. The van der Waals surface area contributed by atoms with Gasteiger partial charge >= 0.3 is 0 Å². The first-order chi connectivity index (χ1) is 10.2. The van der Waals surface area contributed by atoms with Crippen molar-refractivity contribution in [2.24, 2.45) is 0 Å². The summed E-state index contributed by atoms with van der Waals surface area (Å²) in [7, 11) is 0. The third-order valence-corrected chi connectivity index (χ3v) is 4.91. The van der Waals surface area contributed by atoms with E-state index in [0.29, 0.717) is 11.4 Å². The number of carbonyl (C=O) groups excluding carboxylic acids is 1. The van der Waals surface area contributed by atoms with Gasteiger partial charge < -0.3 is 5.32 Å². The number of amides is 1. The van der Waals surface area contributed by atoms with Gasteiger partial charge in [-0.05, 0) is 41.6 Å². The molecule has 0 bridgehead atoms. The molecule has 5 heteroatoms. The molecule has 1 N–H and O–H groups in total. The number of rotatable bonds is 4. The maximum atomic E-state index is 12.0. The highest BCUT2D eigenvalue weighted by molar-refractivity contribution is 7.10. The Labute approximate surface area is 133 Å². The molecule has 3 nitrogen and oxygen atoms in total. The fraction of sp³-hybridized carbons (Fsp3) is 0.312. The Kier molecular flexibility index (Phi) is 4.58. The number of carbonyl (C=O) groups is 1. The van der Waals surface area contributed by atoms with Crippen molar-refractivity contribution in [3.05, 3.63) is 51.2 Å². The van der Waals surface area contributed by atoms with Crippen LogP contribution in [-0.2, 0) is 17.8 Å². The Balaban J connectivity index is 1.48. The van der Waals surface area contributed by atoms with Gasteiger partial charge in [0.15, 0.2) is 0 Å². The van der Waals surface area contributed by atoms with Crippen LogP contribution in [0.2, 0.25) is 5.02 Å². The van der Waals surface area contributed by atoms with Crippen molar-refractivity contribution in [1.82, 2.24) is 4.90 Å². The second-order valence-corrected chi connectivity index (χ2v) is 6.64. The SMILES string of the molecule is O=C(CCN1CCc2sccc2C1)Nc1cccc(Cl)c1. The lowest BCUT2D eigenvalue weighted by Gasteiger charge is -2.26. The third kappa shape index (κ3) is 3.84. The van der Waals surface area contributed by atoms with E-state index in [0.717, 1.165) is 31.7 Å². The van der Waals surface area contributed by atoms with Crippen LogP contribution in [0.5, 0.6) is 0 Å². The molecule has 0 fully saturated rings. The van der Waals surface area contributed by atoms with Crippen LogP contribution < -0.4 is 5.32 Å². The normalized spacial score (nSPS) is 14.7. The predicted octanol–water partition coefficient (Wildman–Crippen LogP) is 3.79. The van der Waals surface area contributed by atoms with Gasteiger partial charge in [-0.1, -0.05) is 17.7 Å². The second-order valence-electron chi connectivity index (χ2n) is 5.20. The van der Waals surface area contributed by atoms with E-state index in [1.54, 1.807) is 12.1 Å². The number of benzene rings is 1. The van der Waals surface area contributed by atoms with Crippen molar-refractivity contribution < 1.29 is 4.79 Å². The van der Waals surface area contributed by atoms with E-state index in [1.807, 2.05) is 23.5 Å². The predicted molar refractivity (Wildman–Crippen MR) is 88.0 cm³/mol. The monoisotopic (exact) mass is 320 g/mol. The molecule has 0 saturated carbocycles. The molecule has 0 saturated heterocycles. The molecule has 0 spiro atoms. The van der Waals surface area contributed by atoms with Crippen LogP contribution in [0.25, 0.3) is 0 Å². The average molecular weight is 321 g/mol. The molecule has 1 aromatic heterocycles. The zero-order valence-electron chi connectivity index (χ0n) is 11.6. The highest BCUT2D eigenvalue weighted by atomic mass is 35.5. The van der Waals surface area contributed by atoms with Gasteiger partial charge in [-0.3, -0.25) is 9.69 Å². The lowest BCUT2D eigenvalue weighted by atomic mass is 10.1. The molecule has 0 atom stereocenters. The fourth-order valence-corrected chi connectivity index (χ4v) is 3.63. The van der Waals surface area contributed by atoms with Crippen LogP contribution in [0.4, 0.5) is 5.69 Å². The Bertz CT molecular complexity index is 641. The lowest BCUT2D eigenvalue weighted by molar-refractivity contribution is -0.116. The molecule has 1 aromatic carbocycles. The number of thiophene rings is 1. The van der Waals surface area contributed by atoms with Crippen molar-refractivity contribution in [3.63, 3.8) is 0 Å². The van der Waals surface area contributed by atoms with Crippen LogP contribution in [0.1, 0.15) is 16.9 Å². The minimum atomic E-state index is 0.0355. The zero-order chi connectivity index (χ0) is 14.7. The molecular weight excluding hydrogens is 304 g/mol. The quantitative estimate of drug-likeness (QED) is 0.929. The minimum Gasteiger partial charge on any atom is -0.326 e. The fourth-order valence-electron chi connectivity index (χ4n) is 2.55. The summed E-state index contributed by atoms with van der Waals surface area (Å²) in [5.41, 5.74) is 2.17. The number of nitrogens with one attached hydrogen (secondary N) is 1. The van der Waals surface area contributed by atoms with Gasteiger partial charge in [0.1, 0.15) is 0 Å². The van der Waals surface area contributed by atoms with Crippen molar-refractivity contribution in [3.8, 4) is 0 Å². The number of fused-ring (bicyclic) bond motifs is 1. The molecule has 0 unspecified atom stereocenters. The molecule has 0 radical (unpaired) electrons. The topological polar surface area (TPSA) is 32.3 Å².